The number of nitrogens with zero attached hydrogens (tertiary/aromatic N) is 1. The van der Waals surface area contributed by atoms with E-state index in [-0.39, 0.29) is 17.2 Å². The summed E-state index contributed by atoms with van der Waals surface area (Å²) in [6.45, 7) is 1.91. The highest BCUT2D eigenvalue weighted by molar-refractivity contribution is 8.77. The summed E-state index contributed by atoms with van der Waals surface area (Å²) in [6.07, 6.45) is 4.99. The molecule has 2 aliphatic rings. The number of aromatic nitrogens is 1. The second-order valence-corrected chi connectivity index (χ2v) is 8.23. The molecule has 2 aliphatic carbocycles. The first kappa shape index (κ1) is 17.0. The minimum atomic E-state index is -0.165. The van der Waals surface area contributed by atoms with Crippen molar-refractivity contribution < 1.29 is 4.79 Å². The van der Waals surface area contributed by atoms with Crippen LogP contribution in [0.2, 0.25) is 0 Å². The maximum absolute atomic E-state index is 12.4. The van der Waals surface area contributed by atoms with E-state index in [1.54, 1.807) is 6.20 Å². The molecule has 1 N–H and O–H groups in total. The van der Waals surface area contributed by atoms with E-state index in [0.29, 0.717) is 0 Å². The van der Waals surface area contributed by atoms with Crippen molar-refractivity contribution >= 4 is 27.5 Å². The Morgan fingerprint density at radius 2 is 2.04 bits per heavy atom. The number of hydrogen-bond donors (Lipinski definition) is 1. The number of nitrogens with one attached hydrogen (secondary N) is 1. The van der Waals surface area contributed by atoms with Crippen molar-refractivity contribution in [2.24, 2.45) is 0 Å². The van der Waals surface area contributed by atoms with Crippen LogP contribution in [0.4, 0.5) is 0 Å². The molecule has 5 heteroatoms. The first-order valence-electron chi connectivity index (χ1n) is 7.91. The predicted octanol–water partition coefficient (Wildman–Crippen LogP) is 3.59. The summed E-state index contributed by atoms with van der Waals surface area (Å²) in [6, 6.07) is 5.67. The van der Waals surface area contributed by atoms with Crippen molar-refractivity contribution in [1.29, 1.82) is 0 Å². The summed E-state index contributed by atoms with van der Waals surface area (Å²) in [7, 11) is 3.04. The number of rotatable bonds is 5. The zero-order chi connectivity index (χ0) is 16.8. The molecule has 122 valence electrons. The molecule has 2 atom stereocenters. The molecule has 3 nitrogen and oxygen atoms in total. The van der Waals surface area contributed by atoms with Gasteiger partial charge < -0.3 is 5.32 Å². The Labute approximate surface area is 150 Å². The molecular weight excluding hydrogens is 336 g/mol. The summed E-state index contributed by atoms with van der Waals surface area (Å²) in [5, 5.41) is 3.82. The molecule has 3 rings (SSSR count). The molecule has 1 aromatic heterocycles. The Balaban J connectivity index is 1.52. The van der Waals surface area contributed by atoms with E-state index in [0.717, 1.165) is 30.7 Å². The van der Waals surface area contributed by atoms with Gasteiger partial charge in [-0.2, -0.15) is 0 Å². The van der Waals surface area contributed by atoms with Crippen molar-refractivity contribution in [2.45, 2.75) is 48.9 Å². The van der Waals surface area contributed by atoms with Crippen LogP contribution < -0.4 is 5.32 Å². The van der Waals surface area contributed by atoms with Crippen LogP contribution in [0, 0.1) is 23.7 Å². The van der Waals surface area contributed by atoms with Crippen molar-refractivity contribution in [1.82, 2.24) is 10.3 Å². The Morgan fingerprint density at radius 3 is 2.83 bits per heavy atom. The number of pyridine rings is 1. The van der Waals surface area contributed by atoms with E-state index in [2.05, 4.69) is 34.0 Å². The molecule has 1 amide bonds. The van der Waals surface area contributed by atoms with Crippen LogP contribution in [0.15, 0.2) is 40.6 Å². The van der Waals surface area contributed by atoms with Crippen LogP contribution in [0.25, 0.3) is 0 Å². The van der Waals surface area contributed by atoms with E-state index in [1.807, 2.05) is 25.1 Å². The van der Waals surface area contributed by atoms with E-state index in [9.17, 15) is 4.79 Å². The van der Waals surface area contributed by atoms with Crippen molar-refractivity contribution in [3.05, 3.63) is 35.5 Å². The van der Waals surface area contributed by atoms with E-state index < -0.39 is 0 Å². The molecule has 0 saturated heterocycles. The normalized spacial score (nSPS) is 19.8. The van der Waals surface area contributed by atoms with Gasteiger partial charge in [0.05, 0.1) is 11.3 Å². The van der Waals surface area contributed by atoms with Gasteiger partial charge in [-0.15, -0.1) is 0 Å². The first-order valence-corrected chi connectivity index (χ1v) is 10.1. The second-order valence-electron chi connectivity index (χ2n) is 5.67. The van der Waals surface area contributed by atoms with Crippen LogP contribution in [0.1, 0.15) is 32.6 Å². The summed E-state index contributed by atoms with van der Waals surface area (Å²) in [5.41, 5.74) is 2.70. The van der Waals surface area contributed by atoms with Gasteiger partial charge in [0.15, 0.2) is 0 Å². The van der Waals surface area contributed by atoms with Gasteiger partial charge in [-0.3, -0.25) is 4.79 Å². The minimum Gasteiger partial charge on any atom is -0.341 e. The molecule has 1 heterocycles. The zero-order valence-corrected chi connectivity index (χ0v) is 15.1. The van der Waals surface area contributed by atoms with Crippen molar-refractivity contribution in [3.63, 3.8) is 0 Å². The lowest BCUT2D eigenvalue weighted by molar-refractivity contribution is -0.120. The topological polar surface area (TPSA) is 42.0 Å². The van der Waals surface area contributed by atoms with Gasteiger partial charge in [0, 0.05) is 31.9 Å². The van der Waals surface area contributed by atoms with Crippen molar-refractivity contribution in [3.8, 4) is 23.7 Å². The number of carbonyl (C=O) groups excluding carboxylic acids is 1. The lowest BCUT2D eigenvalue weighted by Crippen LogP contribution is -2.38. The quantitative estimate of drug-likeness (QED) is 0.498. The maximum Gasteiger partial charge on any atom is 0.234 e. The average molecular weight is 355 g/mol. The van der Waals surface area contributed by atoms with Gasteiger partial charge in [-0.25, -0.2) is 4.98 Å². The van der Waals surface area contributed by atoms with Crippen LogP contribution >= 0.6 is 21.6 Å². The molecule has 0 saturated carbocycles. The molecular formula is C19H18N2OS2. The third kappa shape index (κ3) is 4.60. The number of amides is 1. The number of allylic oxidation sites excluding steroid dienone is 1. The van der Waals surface area contributed by atoms with Gasteiger partial charge in [-0.05, 0) is 35.4 Å². The highest BCUT2D eigenvalue weighted by atomic mass is 33.1. The molecule has 0 spiro atoms. The highest BCUT2D eigenvalue weighted by Crippen LogP contribution is 2.33. The van der Waals surface area contributed by atoms with Crippen molar-refractivity contribution in [2.75, 3.05) is 0 Å². The smallest absolute Gasteiger partial charge is 0.234 e. The molecule has 0 bridgehead atoms. The molecule has 0 fully saturated rings. The Morgan fingerprint density at radius 1 is 1.25 bits per heavy atom. The largest absolute Gasteiger partial charge is 0.341 e. The predicted molar refractivity (Wildman–Crippen MR) is 100 cm³/mol. The second kappa shape index (κ2) is 8.33. The summed E-state index contributed by atoms with van der Waals surface area (Å²) >= 11 is 0. The molecule has 0 aliphatic heterocycles. The molecule has 0 aromatic carbocycles. The summed E-state index contributed by atoms with van der Waals surface area (Å²) in [5.74, 6) is 12.7. The fourth-order valence-corrected chi connectivity index (χ4v) is 4.43. The van der Waals surface area contributed by atoms with Crippen LogP contribution in [-0.4, -0.2) is 22.2 Å². The standard InChI is InChI=1S/C19H18N2OS2/c1-14(23-24-18-11-4-5-12-20-18)19(22)21-17-10-6-9-15-7-2-3-8-16(15)13-17/h4-5,11-12,14,17H,7-9,13H2,1H3,(H,21,22). The molecule has 0 radical (unpaired) electrons. The Hall–Kier alpha value is -1.82. The summed E-state index contributed by atoms with van der Waals surface area (Å²) < 4.78 is 0. The van der Waals surface area contributed by atoms with E-state index >= 15 is 0 Å². The lowest BCUT2D eigenvalue weighted by atomic mass is 9.93. The fraction of sp³-hybridized carbons (Fsp3) is 0.368. The monoisotopic (exact) mass is 354 g/mol. The highest BCUT2D eigenvalue weighted by Gasteiger charge is 2.21. The van der Waals surface area contributed by atoms with E-state index in [4.69, 9.17) is 0 Å². The molecule has 2 unspecified atom stereocenters. The minimum absolute atomic E-state index is 0.0219. The zero-order valence-electron chi connectivity index (χ0n) is 13.5. The number of hydrogen-bond acceptors (Lipinski definition) is 4. The first-order chi connectivity index (χ1) is 11.7. The van der Waals surface area contributed by atoms with Crippen LogP contribution in [-0.2, 0) is 4.79 Å². The van der Waals surface area contributed by atoms with Gasteiger partial charge in [0.1, 0.15) is 5.03 Å². The van der Waals surface area contributed by atoms with Crippen LogP contribution in [0.3, 0.4) is 0 Å². The van der Waals surface area contributed by atoms with Crippen LogP contribution in [0.5, 0.6) is 0 Å². The third-order valence-electron chi connectivity index (χ3n) is 3.86. The average Bonchev–Trinajstić information content (AvgIpc) is 2.82. The van der Waals surface area contributed by atoms with Gasteiger partial charge >= 0.3 is 0 Å². The Kier molecular flexibility index (Phi) is 5.91. The van der Waals surface area contributed by atoms with E-state index in [1.165, 1.54) is 32.7 Å². The van der Waals surface area contributed by atoms with Gasteiger partial charge in [-0.1, -0.05) is 46.1 Å². The number of carbonyl (C=O) groups is 1. The molecule has 24 heavy (non-hydrogen) atoms. The Bertz CT molecular complexity index is 765. The third-order valence-corrected chi connectivity index (χ3v) is 6.54. The van der Waals surface area contributed by atoms with Gasteiger partial charge in [0.25, 0.3) is 0 Å². The molecule has 1 aromatic rings. The lowest BCUT2D eigenvalue weighted by Gasteiger charge is -2.18. The maximum atomic E-state index is 12.4. The van der Waals surface area contributed by atoms with Gasteiger partial charge in [0.2, 0.25) is 5.91 Å². The fourth-order valence-electron chi connectivity index (χ4n) is 2.51. The summed E-state index contributed by atoms with van der Waals surface area (Å²) in [4.78, 5) is 16.7. The SMILES string of the molecule is CC(SSc1ccccn1)C(=O)NC1C#CCC2=C(CC#CC2)C1.